The smallest absolute Gasteiger partial charge is 0.270 e. The number of nitrogens with zero attached hydrogens (tertiary/aromatic N) is 3. The zero-order valence-corrected chi connectivity index (χ0v) is 19.6. The first kappa shape index (κ1) is 23.4. The molecule has 2 heterocycles. The molecule has 31 heavy (non-hydrogen) atoms. The molecule has 3 rings (SSSR count). The van der Waals surface area contributed by atoms with Crippen LogP contribution >= 0.6 is 23.2 Å². The molecule has 0 aliphatic carbocycles. The Morgan fingerprint density at radius 2 is 1.97 bits per heavy atom. The highest BCUT2D eigenvalue weighted by molar-refractivity contribution is 6.42. The van der Waals surface area contributed by atoms with Crippen LogP contribution in [0.4, 0.5) is 0 Å². The molecule has 1 amide bonds. The van der Waals surface area contributed by atoms with E-state index in [0.717, 1.165) is 32.5 Å². The van der Waals surface area contributed by atoms with Crippen LogP contribution in [0.15, 0.2) is 47.1 Å². The summed E-state index contributed by atoms with van der Waals surface area (Å²) in [6.45, 7) is 9.45. The Bertz CT molecular complexity index is 997. The third-order valence-electron chi connectivity index (χ3n) is 5.25. The first-order chi connectivity index (χ1) is 14.9. The summed E-state index contributed by atoms with van der Waals surface area (Å²) >= 11 is 12.3. The minimum atomic E-state index is -0.202. The van der Waals surface area contributed by atoms with E-state index in [2.05, 4.69) is 29.2 Å². The molecular formula is C23H28Cl2N4O2. The van der Waals surface area contributed by atoms with E-state index in [0.29, 0.717) is 32.9 Å². The van der Waals surface area contributed by atoms with E-state index < -0.39 is 0 Å². The van der Waals surface area contributed by atoms with Gasteiger partial charge in [-0.3, -0.25) is 4.79 Å². The zero-order valence-electron chi connectivity index (χ0n) is 18.1. The Morgan fingerprint density at radius 1 is 1.19 bits per heavy atom. The summed E-state index contributed by atoms with van der Waals surface area (Å²) in [6, 6.07) is 10.5. The fourth-order valence-corrected chi connectivity index (χ4v) is 3.72. The van der Waals surface area contributed by atoms with Crippen LogP contribution in [0.25, 0.3) is 17.1 Å². The molecule has 0 spiro atoms. The SMILES string of the molecule is CCN(CC)CCCC(C)NC(=O)c1cc(-c2ccco2)nn1-c1ccc(Cl)c(Cl)c1. The Hall–Kier alpha value is -2.28. The number of benzene rings is 1. The molecular weight excluding hydrogens is 435 g/mol. The van der Waals surface area contributed by atoms with Crippen LogP contribution in [0.5, 0.6) is 0 Å². The number of furan rings is 1. The van der Waals surface area contributed by atoms with Crippen molar-refractivity contribution in [2.75, 3.05) is 19.6 Å². The van der Waals surface area contributed by atoms with Gasteiger partial charge in [0.25, 0.3) is 5.91 Å². The first-order valence-electron chi connectivity index (χ1n) is 10.6. The van der Waals surface area contributed by atoms with Gasteiger partial charge in [-0.25, -0.2) is 4.68 Å². The molecule has 1 N–H and O–H groups in total. The van der Waals surface area contributed by atoms with Gasteiger partial charge in [0.1, 0.15) is 11.4 Å². The predicted octanol–water partition coefficient (Wildman–Crippen LogP) is 5.68. The highest BCUT2D eigenvalue weighted by atomic mass is 35.5. The summed E-state index contributed by atoms with van der Waals surface area (Å²) in [5.41, 5.74) is 1.61. The van der Waals surface area contributed by atoms with Crippen LogP contribution in [0.1, 0.15) is 44.1 Å². The molecule has 1 aromatic carbocycles. The van der Waals surface area contributed by atoms with Gasteiger partial charge in [0.2, 0.25) is 0 Å². The molecule has 1 unspecified atom stereocenters. The van der Waals surface area contributed by atoms with Crippen LogP contribution in [-0.2, 0) is 0 Å². The average Bonchev–Trinajstić information content (AvgIpc) is 3.43. The van der Waals surface area contributed by atoms with E-state index in [1.54, 1.807) is 47.3 Å². The predicted molar refractivity (Wildman–Crippen MR) is 125 cm³/mol. The molecule has 0 radical (unpaired) electrons. The minimum absolute atomic E-state index is 0.0345. The van der Waals surface area contributed by atoms with Crippen LogP contribution in [-0.4, -0.2) is 46.3 Å². The quantitative estimate of drug-likeness (QED) is 0.420. The number of rotatable bonds is 10. The monoisotopic (exact) mass is 462 g/mol. The summed E-state index contributed by atoms with van der Waals surface area (Å²) in [5, 5.41) is 8.51. The van der Waals surface area contributed by atoms with Gasteiger partial charge in [-0.2, -0.15) is 5.10 Å². The molecule has 0 saturated heterocycles. The number of hydrogen-bond acceptors (Lipinski definition) is 4. The van der Waals surface area contributed by atoms with Gasteiger partial charge < -0.3 is 14.6 Å². The number of amides is 1. The molecule has 0 fully saturated rings. The standard InChI is InChI=1S/C23H28Cl2N4O2/c1-4-28(5-2)12-6-8-16(3)26-23(30)21-15-20(22-9-7-13-31-22)27-29(21)17-10-11-18(24)19(25)14-17/h7,9-11,13-16H,4-6,8,12H2,1-3H3,(H,26,30). The van der Waals surface area contributed by atoms with Crippen LogP contribution in [0, 0.1) is 0 Å². The molecule has 166 valence electrons. The maximum absolute atomic E-state index is 13.1. The summed E-state index contributed by atoms with van der Waals surface area (Å²) < 4.78 is 7.03. The topological polar surface area (TPSA) is 63.3 Å². The molecule has 0 aliphatic rings. The van der Waals surface area contributed by atoms with Gasteiger partial charge in [-0.1, -0.05) is 37.0 Å². The number of halogens is 2. The van der Waals surface area contributed by atoms with Crippen LogP contribution < -0.4 is 5.32 Å². The average molecular weight is 463 g/mol. The Labute approximate surface area is 193 Å². The van der Waals surface area contributed by atoms with Gasteiger partial charge in [-0.15, -0.1) is 0 Å². The lowest BCUT2D eigenvalue weighted by Crippen LogP contribution is -2.34. The summed E-state index contributed by atoms with van der Waals surface area (Å²) in [4.78, 5) is 15.5. The molecule has 0 aliphatic heterocycles. The van der Waals surface area contributed by atoms with Gasteiger partial charge in [0.05, 0.1) is 22.0 Å². The molecule has 1 atom stereocenters. The van der Waals surface area contributed by atoms with E-state index in [-0.39, 0.29) is 11.9 Å². The number of aromatic nitrogens is 2. The molecule has 8 heteroatoms. The highest BCUT2D eigenvalue weighted by Crippen LogP contribution is 2.27. The van der Waals surface area contributed by atoms with Crippen molar-refractivity contribution in [1.82, 2.24) is 20.0 Å². The third kappa shape index (κ3) is 5.91. The highest BCUT2D eigenvalue weighted by Gasteiger charge is 2.20. The van der Waals surface area contributed by atoms with Crippen molar-refractivity contribution >= 4 is 29.1 Å². The van der Waals surface area contributed by atoms with Crippen molar-refractivity contribution in [1.29, 1.82) is 0 Å². The Morgan fingerprint density at radius 3 is 2.61 bits per heavy atom. The lowest BCUT2D eigenvalue weighted by atomic mass is 10.1. The van der Waals surface area contributed by atoms with E-state index in [4.69, 9.17) is 27.6 Å². The molecule has 0 bridgehead atoms. The fraction of sp³-hybridized carbons (Fsp3) is 0.391. The van der Waals surface area contributed by atoms with Gasteiger partial charge in [0.15, 0.2) is 5.76 Å². The Kier molecular flexibility index (Phi) is 8.18. The Balaban J connectivity index is 1.80. The number of carbonyl (C=O) groups excluding carboxylic acids is 1. The van der Waals surface area contributed by atoms with Gasteiger partial charge in [-0.05, 0) is 69.7 Å². The van der Waals surface area contributed by atoms with E-state index in [9.17, 15) is 4.79 Å². The zero-order chi connectivity index (χ0) is 22.4. The van der Waals surface area contributed by atoms with E-state index in [1.165, 1.54) is 0 Å². The van der Waals surface area contributed by atoms with Crippen LogP contribution in [0.3, 0.4) is 0 Å². The van der Waals surface area contributed by atoms with Crippen molar-refractivity contribution in [3.63, 3.8) is 0 Å². The van der Waals surface area contributed by atoms with Crippen molar-refractivity contribution in [2.45, 2.75) is 39.7 Å². The first-order valence-corrected chi connectivity index (χ1v) is 11.3. The second-order valence-electron chi connectivity index (χ2n) is 7.45. The molecule has 0 saturated carbocycles. The van der Waals surface area contributed by atoms with Crippen molar-refractivity contribution in [2.24, 2.45) is 0 Å². The second kappa shape index (κ2) is 10.8. The fourth-order valence-electron chi connectivity index (χ4n) is 3.43. The second-order valence-corrected chi connectivity index (χ2v) is 8.26. The third-order valence-corrected chi connectivity index (χ3v) is 5.99. The maximum Gasteiger partial charge on any atom is 0.270 e. The summed E-state index contributed by atoms with van der Waals surface area (Å²) in [7, 11) is 0. The number of hydrogen-bond donors (Lipinski definition) is 1. The largest absolute Gasteiger partial charge is 0.463 e. The van der Waals surface area contributed by atoms with E-state index in [1.807, 2.05) is 6.92 Å². The normalized spacial score (nSPS) is 12.3. The van der Waals surface area contributed by atoms with Crippen LogP contribution in [0.2, 0.25) is 10.0 Å². The molecule has 3 aromatic rings. The lowest BCUT2D eigenvalue weighted by Gasteiger charge is -2.20. The minimum Gasteiger partial charge on any atom is -0.463 e. The summed E-state index contributed by atoms with van der Waals surface area (Å²) in [5.74, 6) is 0.381. The molecule has 6 nitrogen and oxygen atoms in total. The summed E-state index contributed by atoms with van der Waals surface area (Å²) in [6.07, 6.45) is 3.49. The molecule has 2 aromatic heterocycles. The van der Waals surface area contributed by atoms with E-state index >= 15 is 0 Å². The number of carbonyl (C=O) groups is 1. The van der Waals surface area contributed by atoms with Crippen molar-refractivity contribution in [3.8, 4) is 17.1 Å². The van der Waals surface area contributed by atoms with Crippen molar-refractivity contribution in [3.05, 3.63) is 58.4 Å². The van der Waals surface area contributed by atoms with Gasteiger partial charge >= 0.3 is 0 Å². The number of nitrogens with one attached hydrogen (secondary N) is 1. The van der Waals surface area contributed by atoms with Crippen molar-refractivity contribution < 1.29 is 9.21 Å². The van der Waals surface area contributed by atoms with Gasteiger partial charge in [0, 0.05) is 12.1 Å². The lowest BCUT2D eigenvalue weighted by molar-refractivity contribution is 0.0929. The maximum atomic E-state index is 13.1.